The summed E-state index contributed by atoms with van der Waals surface area (Å²) in [5.74, 6) is -0.442. The number of hydrogen-bond donors (Lipinski definition) is 2. The maximum Gasteiger partial charge on any atom is 0.268 e. The Kier molecular flexibility index (Phi) is 3.71. The summed E-state index contributed by atoms with van der Waals surface area (Å²) in [6, 6.07) is 9.03. The molecule has 2 aromatic carbocycles. The molecule has 6 nitrogen and oxygen atoms in total. The number of nitrogens with one attached hydrogen (secondary N) is 2. The molecule has 0 atom stereocenters. The largest absolute Gasteiger partial charge is 0.476 e. The summed E-state index contributed by atoms with van der Waals surface area (Å²) in [6.07, 6.45) is 0. The van der Waals surface area contributed by atoms with Gasteiger partial charge in [-0.1, -0.05) is 0 Å². The van der Waals surface area contributed by atoms with Gasteiger partial charge in [-0.3, -0.25) is 9.52 Å². The molecule has 2 aromatic rings. The molecule has 0 bridgehead atoms. The van der Waals surface area contributed by atoms with E-state index in [2.05, 4.69) is 10.0 Å². The molecule has 0 fully saturated rings. The second kappa shape index (κ2) is 5.48. The topological polar surface area (TPSA) is 84.5 Å². The average Bonchev–Trinajstić information content (AvgIpc) is 2.48. The molecule has 1 aliphatic heterocycles. The van der Waals surface area contributed by atoms with E-state index >= 15 is 0 Å². The minimum atomic E-state index is -3.86. The lowest BCUT2D eigenvalue weighted by Gasteiger charge is -2.31. The van der Waals surface area contributed by atoms with Crippen molar-refractivity contribution in [3.8, 4) is 5.75 Å². The average molecular weight is 350 g/mol. The van der Waals surface area contributed by atoms with Crippen LogP contribution in [0.4, 0.5) is 15.8 Å². The molecule has 2 N–H and O–H groups in total. The van der Waals surface area contributed by atoms with Gasteiger partial charge in [0.1, 0.15) is 11.6 Å². The van der Waals surface area contributed by atoms with Crippen LogP contribution in [0.25, 0.3) is 0 Å². The van der Waals surface area contributed by atoms with Crippen molar-refractivity contribution < 1.29 is 22.3 Å². The molecule has 0 unspecified atom stereocenters. The Balaban J connectivity index is 1.89. The monoisotopic (exact) mass is 350 g/mol. The van der Waals surface area contributed by atoms with Crippen LogP contribution in [0, 0.1) is 5.82 Å². The Morgan fingerprint density at radius 2 is 1.79 bits per heavy atom. The van der Waals surface area contributed by atoms with Gasteiger partial charge < -0.3 is 10.1 Å². The number of halogens is 1. The lowest BCUT2D eigenvalue weighted by Crippen LogP contribution is -2.45. The second-order valence-corrected chi connectivity index (χ2v) is 7.52. The molecule has 0 aliphatic carbocycles. The van der Waals surface area contributed by atoms with Crippen LogP contribution in [0.15, 0.2) is 47.4 Å². The Labute approximate surface area is 138 Å². The first-order valence-electron chi connectivity index (χ1n) is 7.10. The number of fused-ring (bicyclic) bond motifs is 1. The van der Waals surface area contributed by atoms with Crippen LogP contribution in [0.5, 0.6) is 5.75 Å². The third-order valence-corrected chi connectivity index (χ3v) is 4.92. The van der Waals surface area contributed by atoms with Gasteiger partial charge in [-0.15, -0.1) is 0 Å². The van der Waals surface area contributed by atoms with E-state index in [1.165, 1.54) is 24.3 Å². The number of sulfonamides is 1. The summed E-state index contributed by atoms with van der Waals surface area (Å²) in [7, 11) is -3.86. The van der Waals surface area contributed by atoms with Gasteiger partial charge in [-0.2, -0.15) is 0 Å². The standard InChI is InChI=1S/C16H15FN2O4S/c1-16(2)15(20)18-13-8-5-11(9-14(13)23-16)19-24(21,22)12-6-3-10(17)4-7-12/h3-9,19H,1-2H3,(H,18,20). The third-order valence-electron chi connectivity index (χ3n) is 3.52. The fraction of sp³-hybridized carbons (Fsp3) is 0.188. The molecule has 126 valence electrons. The zero-order valence-corrected chi connectivity index (χ0v) is 13.8. The summed E-state index contributed by atoms with van der Waals surface area (Å²) in [4.78, 5) is 11.8. The van der Waals surface area contributed by atoms with Crippen molar-refractivity contribution >= 4 is 27.3 Å². The Bertz CT molecular complexity index is 908. The highest BCUT2D eigenvalue weighted by Gasteiger charge is 2.35. The molecule has 1 aliphatic rings. The first-order valence-corrected chi connectivity index (χ1v) is 8.59. The van der Waals surface area contributed by atoms with E-state index in [9.17, 15) is 17.6 Å². The van der Waals surface area contributed by atoms with Crippen LogP contribution in [0.3, 0.4) is 0 Å². The quantitative estimate of drug-likeness (QED) is 0.891. The van der Waals surface area contributed by atoms with Crippen LogP contribution >= 0.6 is 0 Å². The van der Waals surface area contributed by atoms with Crippen LogP contribution in [0.1, 0.15) is 13.8 Å². The lowest BCUT2D eigenvalue weighted by atomic mass is 10.1. The zero-order valence-electron chi connectivity index (χ0n) is 13.0. The molecule has 0 saturated carbocycles. The Hall–Kier alpha value is -2.61. The smallest absolute Gasteiger partial charge is 0.268 e. The van der Waals surface area contributed by atoms with E-state index in [1.54, 1.807) is 19.9 Å². The van der Waals surface area contributed by atoms with Gasteiger partial charge in [0.25, 0.3) is 15.9 Å². The summed E-state index contributed by atoms with van der Waals surface area (Å²) in [5, 5.41) is 2.70. The molecular weight excluding hydrogens is 335 g/mol. The van der Waals surface area contributed by atoms with Crippen molar-refractivity contribution in [3.63, 3.8) is 0 Å². The Morgan fingerprint density at radius 3 is 2.46 bits per heavy atom. The number of carbonyl (C=O) groups is 1. The molecule has 0 saturated heterocycles. The van der Waals surface area contributed by atoms with E-state index in [0.717, 1.165) is 12.1 Å². The van der Waals surface area contributed by atoms with Crippen LogP contribution in [0.2, 0.25) is 0 Å². The number of benzene rings is 2. The molecule has 24 heavy (non-hydrogen) atoms. The van der Waals surface area contributed by atoms with Crippen molar-refractivity contribution in [3.05, 3.63) is 48.3 Å². The molecule has 8 heteroatoms. The summed E-state index contributed by atoms with van der Waals surface area (Å²) >= 11 is 0. The lowest BCUT2D eigenvalue weighted by molar-refractivity contribution is -0.129. The highest BCUT2D eigenvalue weighted by molar-refractivity contribution is 7.92. The van der Waals surface area contributed by atoms with Gasteiger partial charge in [-0.05, 0) is 50.2 Å². The molecular formula is C16H15FN2O4S. The molecule has 0 radical (unpaired) electrons. The number of rotatable bonds is 3. The predicted octanol–water partition coefficient (Wildman–Crippen LogP) is 2.74. The van der Waals surface area contributed by atoms with Crippen molar-refractivity contribution in [2.24, 2.45) is 0 Å². The number of carbonyl (C=O) groups excluding carboxylic acids is 1. The third kappa shape index (κ3) is 3.05. The molecule has 3 rings (SSSR count). The van der Waals surface area contributed by atoms with Crippen LogP contribution < -0.4 is 14.8 Å². The van der Waals surface area contributed by atoms with E-state index in [4.69, 9.17) is 4.74 Å². The van der Waals surface area contributed by atoms with Crippen molar-refractivity contribution in [1.29, 1.82) is 0 Å². The Morgan fingerprint density at radius 1 is 1.12 bits per heavy atom. The molecule has 0 aromatic heterocycles. The maximum absolute atomic E-state index is 12.9. The van der Waals surface area contributed by atoms with Gasteiger partial charge in [-0.25, -0.2) is 12.8 Å². The van der Waals surface area contributed by atoms with Gasteiger partial charge in [0.15, 0.2) is 5.60 Å². The number of amides is 1. The number of anilines is 2. The maximum atomic E-state index is 12.9. The number of hydrogen-bond acceptors (Lipinski definition) is 4. The van der Waals surface area contributed by atoms with Crippen molar-refractivity contribution in [2.75, 3.05) is 10.0 Å². The van der Waals surface area contributed by atoms with Crippen LogP contribution in [-0.2, 0) is 14.8 Å². The van der Waals surface area contributed by atoms with Gasteiger partial charge in [0, 0.05) is 6.07 Å². The minimum absolute atomic E-state index is 0.0591. The first kappa shape index (κ1) is 16.3. The van der Waals surface area contributed by atoms with E-state index in [0.29, 0.717) is 11.4 Å². The molecule has 0 spiro atoms. The van der Waals surface area contributed by atoms with E-state index < -0.39 is 21.4 Å². The normalized spacial score (nSPS) is 15.9. The first-order chi connectivity index (χ1) is 11.2. The number of ether oxygens (including phenoxy) is 1. The van der Waals surface area contributed by atoms with Crippen LogP contribution in [-0.4, -0.2) is 19.9 Å². The molecule has 1 heterocycles. The highest BCUT2D eigenvalue weighted by atomic mass is 32.2. The van der Waals surface area contributed by atoms with Gasteiger partial charge in [0.05, 0.1) is 16.3 Å². The summed E-state index contributed by atoms with van der Waals surface area (Å²) in [5.41, 5.74) is -0.323. The predicted molar refractivity (Wildman–Crippen MR) is 87.0 cm³/mol. The summed E-state index contributed by atoms with van der Waals surface area (Å²) in [6.45, 7) is 3.22. The second-order valence-electron chi connectivity index (χ2n) is 5.84. The van der Waals surface area contributed by atoms with Crippen molar-refractivity contribution in [1.82, 2.24) is 0 Å². The fourth-order valence-corrected chi connectivity index (χ4v) is 3.24. The van der Waals surface area contributed by atoms with E-state index in [-0.39, 0.29) is 16.5 Å². The highest BCUT2D eigenvalue weighted by Crippen LogP contribution is 2.36. The van der Waals surface area contributed by atoms with Gasteiger partial charge >= 0.3 is 0 Å². The van der Waals surface area contributed by atoms with Crippen molar-refractivity contribution in [2.45, 2.75) is 24.3 Å². The summed E-state index contributed by atoms with van der Waals surface area (Å²) < 4.78 is 45.6. The fourth-order valence-electron chi connectivity index (χ4n) is 2.20. The van der Waals surface area contributed by atoms with E-state index in [1.807, 2.05) is 0 Å². The SMILES string of the molecule is CC1(C)Oc2cc(NS(=O)(=O)c3ccc(F)cc3)ccc2NC1=O. The zero-order chi connectivity index (χ0) is 17.5. The van der Waals surface area contributed by atoms with Gasteiger partial charge in [0.2, 0.25) is 0 Å². The minimum Gasteiger partial charge on any atom is -0.476 e. The molecule has 1 amide bonds.